The van der Waals surface area contributed by atoms with Crippen molar-refractivity contribution in [3.8, 4) is 0 Å². The van der Waals surface area contributed by atoms with Gasteiger partial charge in [-0.25, -0.2) is 4.79 Å². The van der Waals surface area contributed by atoms with E-state index in [2.05, 4.69) is 24.4 Å². The second kappa shape index (κ2) is 8.54. The van der Waals surface area contributed by atoms with E-state index in [1.807, 2.05) is 39.0 Å². The molecule has 1 amide bonds. The Bertz CT molecular complexity index is 612. The average molecular weight is 362 g/mol. The van der Waals surface area contributed by atoms with E-state index in [1.165, 1.54) is 7.11 Å². The van der Waals surface area contributed by atoms with Crippen molar-refractivity contribution in [1.29, 1.82) is 0 Å². The van der Waals surface area contributed by atoms with Crippen molar-refractivity contribution < 1.29 is 19.1 Å². The zero-order valence-corrected chi connectivity index (χ0v) is 16.3. The van der Waals surface area contributed by atoms with Crippen LogP contribution in [0.25, 0.3) is 0 Å². The Labute approximate surface area is 155 Å². The highest BCUT2D eigenvalue weighted by Crippen LogP contribution is 2.24. The van der Waals surface area contributed by atoms with Crippen LogP contribution in [-0.2, 0) is 14.3 Å². The molecular formula is C20H30N2O4. The van der Waals surface area contributed by atoms with Crippen LogP contribution in [0.5, 0.6) is 0 Å². The van der Waals surface area contributed by atoms with Crippen LogP contribution >= 0.6 is 0 Å². The second-order valence-electron chi connectivity index (χ2n) is 7.75. The summed E-state index contributed by atoms with van der Waals surface area (Å²) < 4.78 is 10.4. The van der Waals surface area contributed by atoms with Gasteiger partial charge >= 0.3 is 12.1 Å². The summed E-state index contributed by atoms with van der Waals surface area (Å²) in [7, 11) is 1.38. The third-order valence-corrected chi connectivity index (χ3v) is 4.53. The van der Waals surface area contributed by atoms with Crippen LogP contribution in [0.1, 0.15) is 45.7 Å². The monoisotopic (exact) mass is 362 g/mol. The first-order chi connectivity index (χ1) is 12.2. The van der Waals surface area contributed by atoms with E-state index in [0.29, 0.717) is 19.5 Å². The maximum absolute atomic E-state index is 12.4. The molecule has 0 saturated carbocycles. The average Bonchev–Trinajstić information content (AvgIpc) is 2.60. The van der Waals surface area contributed by atoms with Crippen LogP contribution in [-0.4, -0.2) is 48.8 Å². The second-order valence-corrected chi connectivity index (χ2v) is 7.75. The smallest absolute Gasteiger partial charge is 0.410 e. The SMILES string of the molecule is COC(=O)C1CN(C(=O)OC(C)(C)C)CCC1NC(C)c1ccccc1. The highest BCUT2D eigenvalue weighted by Gasteiger charge is 2.38. The van der Waals surface area contributed by atoms with Gasteiger partial charge in [-0.3, -0.25) is 4.79 Å². The molecule has 1 aromatic rings. The fourth-order valence-electron chi connectivity index (χ4n) is 3.19. The molecule has 0 spiro atoms. The number of amides is 1. The van der Waals surface area contributed by atoms with Crippen molar-refractivity contribution in [2.75, 3.05) is 20.2 Å². The molecule has 1 aliphatic heterocycles. The zero-order valence-electron chi connectivity index (χ0n) is 16.3. The molecular weight excluding hydrogens is 332 g/mol. The third-order valence-electron chi connectivity index (χ3n) is 4.53. The molecule has 0 radical (unpaired) electrons. The maximum atomic E-state index is 12.4. The van der Waals surface area contributed by atoms with E-state index >= 15 is 0 Å². The van der Waals surface area contributed by atoms with Crippen LogP contribution in [0.4, 0.5) is 4.79 Å². The molecule has 1 aromatic carbocycles. The molecule has 0 aromatic heterocycles. The molecule has 1 aliphatic rings. The number of nitrogens with zero attached hydrogens (tertiary/aromatic N) is 1. The largest absolute Gasteiger partial charge is 0.469 e. The maximum Gasteiger partial charge on any atom is 0.410 e. The normalized spacial score (nSPS) is 21.8. The lowest BCUT2D eigenvalue weighted by molar-refractivity contribution is -0.148. The van der Waals surface area contributed by atoms with Gasteiger partial charge in [-0.1, -0.05) is 30.3 Å². The minimum absolute atomic E-state index is 0.0589. The van der Waals surface area contributed by atoms with E-state index in [-0.39, 0.29) is 24.1 Å². The van der Waals surface area contributed by atoms with E-state index in [0.717, 1.165) is 5.56 Å². The predicted molar refractivity (Wildman–Crippen MR) is 99.7 cm³/mol. The number of nitrogens with one attached hydrogen (secondary N) is 1. The Morgan fingerprint density at radius 3 is 2.46 bits per heavy atom. The number of carbonyl (C=O) groups excluding carboxylic acids is 2. The first-order valence-electron chi connectivity index (χ1n) is 9.08. The van der Waals surface area contributed by atoms with Gasteiger partial charge in [0, 0.05) is 25.2 Å². The van der Waals surface area contributed by atoms with Crippen molar-refractivity contribution in [1.82, 2.24) is 10.2 Å². The number of piperidine rings is 1. The van der Waals surface area contributed by atoms with Gasteiger partial charge in [0.1, 0.15) is 5.60 Å². The Hall–Kier alpha value is -2.08. The van der Waals surface area contributed by atoms with Gasteiger partial charge in [0.15, 0.2) is 0 Å². The minimum atomic E-state index is -0.561. The fraction of sp³-hybridized carbons (Fsp3) is 0.600. The predicted octanol–water partition coefficient (Wildman–Crippen LogP) is 3.14. The summed E-state index contributed by atoms with van der Waals surface area (Å²) in [5.74, 6) is -0.733. The van der Waals surface area contributed by atoms with E-state index < -0.39 is 11.5 Å². The Morgan fingerprint density at radius 1 is 1.23 bits per heavy atom. The van der Waals surface area contributed by atoms with Crippen LogP contribution in [0.2, 0.25) is 0 Å². The summed E-state index contributed by atoms with van der Waals surface area (Å²) in [4.78, 5) is 26.3. The van der Waals surface area contributed by atoms with Crippen LogP contribution < -0.4 is 5.32 Å². The number of hydrogen-bond donors (Lipinski definition) is 1. The Balaban J connectivity index is 2.06. The molecule has 0 bridgehead atoms. The standard InChI is InChI=1S/C20H30N2O4/c1-14(15-9-7-6-8-10-15)21-17-11-12-22(13-16(17)18(23)25-5)19(24)26-20(2,3)4/h6-10,14,16-17,21H,11-13H2,1-5H3. The Kier molecular flexibility index (Phi) is 6.64. The Morgan fingerprint density at radius 2 is 1.88 bits per heavy atom. The summed E-state index contributed by atoms with van der Waals surface area (Å²) in [5.41, 5.74) is 0.597. The number of carbonyl (C=O) groups is 2. The van der Waals surface area contributed by atoms with Crippen molar-refractivity contribution in [3.05, 3.63) is 35.9 Å². The van der Waals surface area contributed by atoms with Crippen molar-refractivity contribution in [3.63, 3.8) is 0 Å². The molecule has 2 rings (SSSR count). The minimum Gasteiger partial charge on any atom is -0.469 e. The summed E-state index contributed by atoms with van der Waals surface area (Å²) in [6.45, 7) is 8.40. The lowest BCUT2D eigenvalue weighted by atomic mass is 9.91. The molecule has 6 heteroatoms. The lowest BCUT2D eigenvalue weighted by Crippen LogP contribution is -2.55. The first-order valence-corrected chi connectivity index (χ1v) is 9.08. The number of ether oxygens (including phenoxy) is 2. The zero-order chi connectivity index (χ0) is 19.3. The summed E-state index contributed by atoms with van der Waals surface area (Å²) >= 11 is 0. The molecule has 3 unspecified atom stereocenters. The van der Waals surface area contributed by atoms with Crippen molar-refractivity contribution in [2.24, 2.45) is 5.92 Å². The molecule has 26 heavy (non-hydrogen) atoms. The van der Waals surface area contributed by atoms with Crippen LogP contribution in [0, 0.1) is 5.92 Å². The van der Waals surface area contributed by atoms with Gasteiger partial charge in [0.2, 0.25) is 0 Å². The molecule has 1 heterocycles. The molecule has 144 valence electrons. The lowest BCUT2D eigenvalue weighted by Gasteiger charge is -2.39. The van der Waals surface area contributed by atoms with Gasteiger partial charge in [0.05, 0.1) is 13.0 Å². The van der Waals surface area contributed by atoms with Crippen LogP contribution in [0.3, 0.4) is 0 Å². The van der Waals surface area contributed by atoms with Gasteiger partial charge in [-0.15, -0.1) is 0 Å². The molecule has 1 N–H and O–H groups in total. The molecule has 1 fully saturated rings. The number of rotatable bonds is 4. The highest BCUT2D eigenvalue weighted by molar-refractivity contribution is 5.75. The quantitative estimate of drug-likeness (QED) is 0.834. The van der Waals surface area contributed by atoms with E-state index in [4.69, 9.17) is 9.47 Å². The van der Waals surface area contributed by atoms with Crippen molar-refractivity contribution in [2.45, 2.75) is 51.8 Å². The van der Waals surface area contributed by atoms with Gasteiger partial charge < -0.3 is 19.7 Å². The van der Waals surface area contributed by atoms with Crippen LogP contribution in [0.15, 0.2) is 30.3 Å². The van der Waals surface area contributed by atoms with Gasteiger partial charge in [-0.05, 0) is 39.7 Å². The summed E-state index contributed by atoms with van der Waals surface area (Å²) in [6.07, 6.45) is 0.275. The van der Waals surface area contributed by atoms with E-state index in [9.17, 15) is 9.59 Å². The summed E-state index contributed by atoms with van der Waals surface area (Å²) in [5, 5.41) is 3.53. The topological polar surface area (TPSA) is 67.9 Å². The fourth-order valence-corrected chi connectivity index (χ4v) is 3.19. The number of methoxy groups -OCH3 is 1. The number of benzene rings is 1. The summed E-state index contributed by atoms with van der Waals surface area (Å²) in [6, 6.07) is 10.1. The highest BCUT2D eigenvalue weighted by atomic mass is 16.6. The molecule has 0 aliphatic carbocycles. The van der Waals surface area contributed by atoms with E-state index in [1.54, 1.807) is 4.90 Å². The number of hydrogen-bond acceptors (Lipinski definition) is 5. The van der Waals surface area contributed by atoms with Gasteiger partial charge in [0.25, 0.3) is 0 Å². The first kappa shape index (κ1) is 20.2. The molecule has 3 atom stereocenters. The molecule has 1 saturated heterocycles. The third kappa shape index (κ3) is 5.46. The van der Waals surface area contributed by atoms with Crippen molar-refractivity contribution >= 4 is 12.1 Å². The molecule has 6 nitrogen and oxygen atoms in total. The number of likely N-dealkylation sites (tertiary alicyclic amines) is 1. The number of esters is 1. The van der Waals surface area contributed by atoms with Gasteiger partial charge in [-0.2, -0.15) is 0 Å².